The predicted molar refractivity (Wildman–Crippen MR) is 78.0 cm³/mol. The second-order valence-corrected chi connectivity index (χ2v) is 5.18. The number of hydrogen-bond donors (Lipinski definition) is 1. The van der Waals surface area contributed by atoms with Crippen LogP contribution in [0, 0.1) is 12.8 Å². The van der Waals surface area contributed by atoms with Gasteiger partial charge in [0.2, 0.25) is 0 Å². The lowest BCUT2D eigenvalue weighted by atomic mass is 9.94. The van der Waals surface area contributed by atoms with Gasteiger partial charge in [-0.25, -0.2) is 0 Å². The number of methoxy groups -OCH3 is 1. The van der Waals surface area contributed by atoms with E-state index in [0.29, 0.717) is 12.0 Å². The fourth-order valence-electron chi connectivity index (χ4n) is 2.47. The minimum atomic E-state index is 0.543. The molecular weight excluding hydrogens is 222 g/mol. The molecule has 1 N–H and O–H groups in total. The minimum absolute atomic E-state index is 0.543. The number of rotatable bonds is 8. The molecule has 0 fully saturated rings. The highest BCUT2D eigenvalue weighted by atomic mass is 16.5. The van der Waals surface area contributed by atoms with Gasteiger partial charge in [0.15, 0.2) is 0 Å². The van der Waals surface area contributed by atoms with E-state index in [2.05, 4.69) is 50.4 Å². The standard InChI is InChI=1S/C16H27NO/c1-5-17-16(10-13(2)12-18-4)11-15-9-7-6-8-14(15)3/h6-9,13,16-17H,5,10-12H2,1-4H3. The van der Waals surface area contributed by atoms with Crippen LogP contribution >= 0.6 is 0 Å². The van der Waals surface area contributed by atoms with Crippen molar-refractivity contribution in [1.82, 2.24) is 5.32 Å². The van der Waals surface area contributed by atoms with Crippen molar-refractivity contribution in [1.29, 1.82) is 0 Å². The van der Waals surface area contributed by atoms with E-state index in [1.807, 2.05) is 0 Å². The Morgan fingerprint density at radius 3 is 2.61 bits per heavy atom. The van der Waals surface area contributed by atoms with Crippen molar-refractivity contribution in [2.45, 2.75) is 39.7 Å². The normalized spacial score (nSPS) is 14.4. The van der Waals surface area contributed by atoms with Gasteiger partial charge in [0, 0.05) is 19.8 Å². The second kappa shape index (κ2) is 8.28. The Morgan fingerprint density at radius 2 is 2.00 bits per heavy atom. The summed E-state index contributed by atoms with van der Waals surface area (Å²) in [6, 6.07) is 9.21. The van der Waals surface area contributed by atoms with Gasteiger partial charge in [0.05, 0.1) is 0 Å². The van der Waals surface area contributed by atoms with E-state index in [1.165, 1.54) is 11.1 Å². The molecule has 102 valence electrons. The number of ether oxygens (including phenoxy) is 1. The maximum Gasteiger partial charge on any atom is 0.0488 e. The van der Waals surface area contributed by atoms with Crippen LogP contribution < -0.4 is 5.32 Å². The zero-order chi connectivity index (χ0) is 13.4. The van der Waals surface area contributed by atoms with Gasteiger partial charge in [-0.3, -0.25) is 0 Å². The first-order chi connectivity index (χ1) is 8.67. The molecule has 1 aromatic rings. The summed E-state index contributed by atoms with van der Waals surface area (Å²) >= 11 is 0. The molecule has 0 saturated heterocycles. The van der Waals surface area contributed by atoms with Crippen LogP contribution in [0.2, 0.25) is 0 Å². The molecule has 0 aliphatic heterocycles. The molecule has 2 nitrogen and oxygen atoms in total. The summed E-state index contributed by atoms with van der Waals surface area (Å²) in [6.07, 6.45) is 2.27. The van der Waals surface area contributed by atoms with E-state index in [1.54, 1.807) is 7.11 Å². The Labute approximate surface area is 112 Å². The molecule has 1 aromatic carbocycles. The van der Waals surface area contributed by atoms with Crippen molar-refractivity contribution in [3.8, 4) is 0 Å². The van der Waals surface area contributed by atoms with Gasteiger partial charge >= 0.3 is 0 Å². The highest BCUT2D eigenvalue weighted by Crippen LogP contribution is 2.14. The largest absolute Gasteiger partial charge is 0.384 e. The summed E-state index contributed by atoms with van der Waals surface area (Å²) in [6.45, 7) is 8.49. The zero-order valence-corrected chi connectivity index (χ0v) is 12.2. The lowest BCUT2D eigenvalue weighted by Crippen LogP contribution is -2.33. The van der Waals surface area contributed by atoms with Crippen molar-refractivity contribution in [2.75, 3.05) is 20.3 Å². The predicted octanol–water partition coefficient (Wildman–Crippen LogP) is 3.19. The van der Waals surface area contributed by atoms with Crippen LogP contribution in [0.15, 0.2) is 24.3 Å². The third-order valence-corrected chi connectivity index (χ3v) is 3.36. The maximum absolute atomic E-state index is 5.23. The van der Waals surface area contributed by atoms with Gasteiger partial charge in [0.1, 0.15) is 0 Å². The summed E-state index contributed by atoms with van der Waals surface area (Å²) in [5, 5.41) is 3.59. The highest BCUT2D eigenvalue weighted by Gasteiger charge is 2.13. The van der Waals surface area contributed by atoms with Crippen molar-refractivity contribution < 1.29 is 4.74 Å². The van der Waals surface area contributed by atoms with Crippen LogP contribution in [-0.2, 0) is 11.2 Å². The fourth-order valence-corrected chi connectivity index (χ4v) is 2.47. The molecule has 0 heterocycles. The lowest BCUT2D eigenvalue weighted by Gasteiger charge is -2.22. The monoisotopic (exact) mass is 249 g/mol. The fraction of sp³-hybridized carbons (Fsp3) is 0.625. The average molecular weight is 249 g/mol. The van der Waals surface area contributed by atoms with Crippen LogP contribution in [0.25, 0.3) is 0 Å². The quantitative estimate of drug-likeness (QED) is 0.764. The summed E-state index contributed by atoms with van der Waals surface area (Å²) in [5.74, 6) is 0.600. The minimum Gasteiger partial charge on any atom is -0.384 e. The number of hydrogen-bond acceptors (Lipinski definition) is 2. The van der Waals surface area contributed by atoms with Crippen LogP contribution in [-0.4, -0.2) is 26.3 Å². The van der Waals surface area contributed by atoms with E-state index in [0.717, 1.165) is 26.0 Å². The third-order valence-electron chi connectivity index (χ3n) is 3.36. The molecular formula is C16H27NO. The smallest absolute Gasteiger partial charge is 0.0488 e. The van der Waals surface area contributed by atoms with Crippen molar-refractivity contribution >= 4 is 0 Å². The van der Waals surface area contributed by atoms with Crippen molar-refractivity contribution in [2.24, 2.45) is 5.92 Å². The Balaban J connectivity index is 2.59. The van der Waals surface area contributed by atoms with E-state index >= 15 is 0 Å². The van der Waals surface area contributed by atoms with Gasteiger partial charge in [-0.05, 0) is 43.4 Å². The Kier molecular flexibility index (Phi) is 6.99. The molecule has 0 bridgehead atoms. The molecule has 1 rings (SSSR count). The van der Waals surface area contributed by atoms with Crippen molar-refractivity contribution in [3.63, 3.8) is 0 Å². The van der Waals surface area contributed by atoms with Gasteiger partial charge in [-0.2, -0.15) is 0 Å². The van der Waals surface area contributed by atoms with Crippen molar-refractivity contribution in [3.05, 3.63) is 35.4 Å². The third kappa shape index (κ3) is 5.19. The lowest BCUT2D eigenvalue weighted by molar-refractivity contribution is 0.149. The first-order valence-corrected chi connectivity index (χ1v) is 6.94. The van der Waals surface area contributed by atoms with Gasteiger partial charge < -0.3 is 10.1 Å². The summed E-state index contributed by atoms with van der Waals surface area (Å²) in [4.78, 5) is 0. The van der Waals surface area contributed by atoms with Crippen LogP contribution in [0.1, 0.15) is 31.4 Å². The molecule has 0 radical (unpaired) electrons. The zero-order valence-electron chi connectivity index (χ0n) is 12.2. The first kappa shape index (κ1) is 15.2. The average Bonchev–Trinajstić information content (AvgIpc) is 2.32. The first-order valence-electron chi connectivity index (χ1n) is 6.94. The van der Waals surface area contributed by atoms with Crippen LogP contribution in [0.4, 0.5) is 0 Å². The molecule has 0 aliphatic rings. The van der Waals surface area contributed by atoms with E-state index in [-0.39, 0.29) is 0 Å². The molecule has 0 aromatic heterocycles. The summed E-state index contributed by atoms with van der Waals surface area (Å²) < 4.78 is 5.23. The van der Waals surface area contributed by atoms with Gasteiger partial charge in [-0.1, -0.05) is 38.1 Å². The molecule has 2 heteroatoms. The Bertz CT molecular complexity index is 338. The Hall–Kier alpha value is -0.860. The number of benzene rings is 1. The highest BCUT2D eigenvalue weighted by molar-refractivity contribution is 5.26. The van der Waals surface area contributed by atoms with Gasteiger partial charge in [0.25, 0.3) is 0 Å². The molecule has 0 aliphatic carbocycles. The van der Waals surface area contributed by atoms with Crippen LogP contribution in [0.3, 0.4) is 0 Å². The summed E-state index contributed by atoms with van der Waals surface area (Å²) in [5.41, 5.74) is 2.84. The summed E-state index contributed by atoms with van der Waals surface area (Å²) in [7, 11) is 1.78. The molecule has 2 atom stereocenters. The number of likely N-dealkylation sites (N-methyl/N-ethyl adjacent to an activating group) is 1. The number of nitrogens with one attached hydrogen (secondary N) is 1. The topological polar surface area (TPSA) is 21.3 Å². The molecule has 18 heavy (non-hydrogen) atoms. The molecule has 0 saturated carbocycles. The van der Waals surface area contributed by atoms with E-state index in [9.17, 15) is 0 Å². The Morgan fingerprint density at radius 1 is 1.28 bits per heavy atom. The van der Waals surface area contributed by atoms with E-state index < -0.39 is 0 Å². The molecule has 0 spiro atoms. The molecule has 2 unspecified atom stereocenters. The maximum atomic E-state index is 5.23. The van der Waals surface area contributed by atoms with Crippen LogP contribution in [0.5, 0.6) is 0 Å². The van der Waals surface area contributed by atoms with Gasteiger partial charge in [-0.15, -0.1) is 0 Å². The SMILES string of the molecule is CCNC(Cc1ccccc1C)CC(C)COC. The second-order valence-electron chi connectivity index (χ2n) is 5.18. The molecule has 0 amide bonds. The number of aryl methyl sites for hydroxylation is 1. The van der Waals surface area contributed by atoms with E-state index in [4.69, 9.17) is 4.74 Å².